The van der Waals surface area contributed by atoms with Crippen LogP contribution >= 0.6 is 0 Å². The van der Waals surface area contributed by atoms with Crippen molar-refractivity contribution in [2.75, 3.05) is 6.54 Å². The number of hydrogen-bond donors (Lipinski definition) is 1. The largest absolute Gasteiger partial charge is 0.425 e. The number of ether oxygens (including phenoxy) is 1. The van der Waals surface area contributed by atoms with Gasteiger partial charge in [0, 0.05) is 0 Å². The second-order valence-electron chi connectivity index (χ2n) is 4.21. The minimum absolute atomic E-state index is 0.167. The Bertz CT molecular complexity index is 471. The van der Waals surface area contributed by atoms with E-state index in [9.17, 15) is 14.9 Å². The van der Waals surface area contributed by atoms with Crippen molar-refractivity contribution in [3.8, 4) is 5.75 Å². The van der Waals surface area contributed by atoms with Crippen molar-refractivity contribution in [2.45, 2.75) is 25.5 Å². The van der Waals surface area contributed by atoms with E-state index in [1.54, 1.807) is 24.3 Å². The molecule has 0 aliphatic carbocycles. The van der Waals surface area contributed by atoms with E-state index in [4.69, 9.17) is 4.74 Å². The number of carbonyl (C=O) groups is 1. The molecule has 0 bridgehead atoms. The van der Waals surface area contributed by atoms with Crippen molar-refractivity contribution in [1.82, 2.24) is 5.32 Å². The molecule has 0 aromatic heterocycles. The van der Waals surface area contributed by atoms with Gasteiger partial charge < -0.3 is 14.9 Å². The molecule has 1 atom stereocenters. The van der Waals surface area contributed by atoms with E-state index < -0.39 is 5.09 Å². The molecule has 19 heavy (non-hydrogen) atoms. The molecule has 0 spiro atoms. The summed E-state index contributed by atoms with van der Waals surface area (Å²) in [6.45, 7) is 0.649. The van der Waals surface area contributed by atoms with Crippen molar-refractivity contribution in [3.63, 3.8) is 0 Å². The molecule has 0 amide bonds. The summed E-state index contributed by atoms with van der Waals surface area (Å²) in [5.74, 6) is 0.0352. The van der Waals surface area contributed by atoms with Crippen molar-refractivity contribution in [2.24, 2.45) is 0 Å². The van der Waals surface area contributed by atoms with Gasteiger partial charge in [-0.15, -0.1) is 10.1 Å². The summed E-state index contributed by atoms with van der Waals surface area (Å²) in [6.07, 6.45) is 1.72. The fraction of sp³-hybridized carbons (Fsp3) is 0.417. The molecule has 0 saturated carbocycles. The summed E-state index contributed by atoms with van der Waals surface area (Å²) >= 11 is 0. The van der Waals surface area contributed by atoms with E-state index in [1.165, 1.54) is 0 Å². The minimum Gasteiger partial charge on any atom is -0.425 e. The molecule has 7 nitrogen and oxygen atoms in total. The Morgan fingerprint density at radius 3 is 3.05 bits per heavy atom. The third-order valence-electron chi connectivity index (χ3n) is 2.80. The van der Waals surface area contributed by atoms with Gasteiger partial charge in [0.1, 0.15) is 18.4 Å². The fourth-order valence-electron chi connectivity index (χ4n) is 1.90. The van der Waals surface area contributed by atoms with Crippen LogP contribution in [0.4, 0.5) is 0 Å². The molecule has 102 valence electrons. The van der Waals surface area contributed by atoms with Gasteiger partial charge in [0.15, 0.2) is 0 Å². The lowest BCUT2D eigenvalue weighted by molar-refractivity contribution is -0.763. The molecule has 1 aromatic rings. The molecule has 1 aromatic carbocycles. The molecule has 1 saturated heterocycles. The average molecular weight is 266 g/mol. The molecule has 2 rings (SSSR count). The Morgan fingerprint density at radius 2 is 2.37 bits per heavy atom. The molecule has 1 unspecified atom stereocenters. The summed E-state index contributed by atoms with van der Waals surface area (Å²) in [4.78, 5) is 26.1. The van der Waals surface area contributed by atoms with Gasteiger partial charge in [-0.3, -0.25) is 0 Å². The Labute approximate surface area is 109 Å². The maximum atomic E-state index is 11.8. The van der Waals surface area contributed by atoms with Crippen LogP contribution in [-0.4, -0.2) is 23.6 Å². The van der Waals surface area contributed by atoms with E-state index in [1.807, 2.05) is 0 Å². The first-order chi connectivity index (χ1) is 9.15. The standard InChI is InChI=1S/C12H14N2O5/c15-12(11-5-2-6-13-11)19-10-4-1-3-9(7-10)8-18-14(16)17/h1,3-4,7,11,13H,2,5-6,8H2. The van der Waals surface area contributed by atoms with Crippen LogP contribution in [0.1, 0.15) is 18.4 Å². The van der Waals surface area contributed by atoms with Gasteiger partial charge in [-0.1, -0.05) is 12.1 Å². The average Bonchev–Trinajstić information content (AvgIpc) is 2.91. The lowest BCUT2D eigenvalue weighted by Gasteiger charge is -2.10. The Kier molecular flexibility index (Phi) is 4.30. The summed E-state index contributed by atoms with van der Waals surface area (Å²) < 4.78 is 5.22. The van der Waals surface area contributed by atoms with E-state index in [0.717, 1.165) is 19.4 Å². The van der Waals surface area contributed by atoms with Crippen LogP contribution in [0.5, 0.6) is 5.75 Å². The number of benzene rings is 1. The molecular weight excluding hydrogens is 252 g/mol. The summed E-state index contributed by atoms with van der Waals surface area (Å²) in [7, 11) is 0. The van der Waals surface area contributed by atoms with Crippen LogP contribution in [0.3, 0.4) is 0 Å². The second kappa shape index (κ2) is 6.14. The number of hydrogen-bond acceptors (Lipinski definition) is 6. The molecule has 1 heterocycles. The van der Waals surface area contributed by atoms with Gasteiger partial charge in [-0.25, -0.2) is 4.79 Å². The fourth-order valence-corrected chi connectivity index (χ4v) is 1.90. The maximum Gasteiger partial charge on any atom is 0.328 e. The Hall–Kier alpha value is -2.15. The first-order valence-corrected chi connectivity index (χ1v) is 5.96. The van der Waals surface area contributed by atoms with E-state index in [-0.39, 0.29) is 18.6 Å². The van der Waals surface area contributed by atoms with Crippen molar-refractivity contribution in [1.29, 1.82) is 0 Å². The zero-order chi connectivity index (χ0) is 13.7. The monoisotopic (exact) mass is 266 g/mol. The number of nitrogens with zero attached hydrogens (tertiary/aromatic N) is 1. The number of esters is 1. The number of rotatable bonds is 5. The highest BCUT2D eigenvalue weighted by molar-refractivity contribution is 5.78. The second-order valence-corrected chi connectivity index (χ2v) is 4.21. The molecule has 1 fully saturated rings. The lowest BCUT2D eigenvalue weighted by Crippen LogP contribution is -2.34. The van der Waals surface area contributed by atoms with Crippen LogP contribution < -0.4 is 10.1 Å². The van der Waals surface area contributed by atoms with E-state index in [0.29, 0.717) is 11.3 Å². The van der Waals surface area contributed by atoms with Gasteiger partial charge in [-0.2, -0.15) is 0 Å². The van der Waals surface area contributed by atoms with E-state index >= 15 is 0 Å². The SMILES string of the molecule is O=C(Oc1cccc(CO[N+](=O)[O-])c1)C1CCCN1. The van der Waals surface area contributed by atoms with Crippen molar-refractivity contribution < 1.29 is 19.5 Å². The quantitative estimate of drug-likeness (QED) is 0.371. The predicted octanol–water partition coefficient (Wildman–Crippen LogP) is 1.05. The molecule has 0 radical (unpaired) electrons. The minimum atomic E-state index is -0.860. The van der Waals surface area contributed by atoms with Gasteiger partial charge in [0.05, 0.1) is 0 Å². The summed E-state index contributed by atoms with van der Waals surface area (Å²) in [5, 5.41) is 12.3. The van der Waals surface area contributed by atoms with Gasteiger partial charge in [-0.05, 0) is 37.1 Å². The zero-order valence-corrected chi connectivity index (χ0v) is 10.2. The highest BCUT2D eigenvalue weighted by Crippen LogP contribution is 2.16. The van der Waals surface area contributed by atoms with Gasteiger partial charge in [0.25, 0.3) is 5.09 Å². The van der Waals surface area contributed by atoms with Crippen molar-refractivity contribution in [3.05, 3.63) is 39.9 Å². The molecular formula is C12H14N2O5. The van der Waals surface area contributed by atoms with Crippen LogP contribution in [0.2, 0.25) is 0 Å². The summed E-state index contributed by atoms with van der Waals surface area (Å²) in [6, 6.07) is 6.23. The third-order valence-corrected chi connectivity index (χ3v) is 2.80. The molecule has 1 aliphatic heterocycles. The number of nitrogens with one attached hydrogen (secondary N) is 1. The predicted molar refractivity (Wildman–Crippen MR) is 64.9 cm³/mol. The normalized spacial score (nSPS) is 18.0. The highest BCUT2D eigenvalue weighted by atomic mass is 16.9. The molecule has 1 N–H and O–H groups in total. The van der Waals surface area contributed by atoms with Crippen molar-refractivity contribution >= 4 is 5.97 Å². The maximum absolute atomic E-state index is 11.8. The van der Waals surface area contributed by atoms with Crippen LogP contribution in [0.25, 0.3) is 0 Å². The van der Waals surface area contributed by atoms with Gasteiger partial charge >= 0.3 is 5.97 Å². The molecule has 7 heteroatoms. The van der Waals surface area contributed by atoms with Crippen LogP contribution in [0, 0.1) is 10.1 Å². The van der Waals surface area contributed by atoms with Gasteiger partial charge in [0.2, 0.25) is 0 Å². The topological polar surface area (TPSA) is 90.7 Å². The molecule has 1 aliphatic rings. The summed E-state index contributed by atoms with van der Waals surface area (Å²) in [5.41, 5.74) is 0.571. The first kappa shape index (κ1) is 13.3. The third kappa shape index (κ3) is 3.92. The first-order valence-electron chi connectivity index (χ1n) is 5.96. The van der Waals surface area contributed by atoms with E-state index in [2.05, 4.69) is 10.2 Å². The highest BCUT2D eigenvalue weighted by Gasteiger charge is 2.23. The Balaban J connectivity index is 1.94. The van der Waals surface area contributed by atoms with Crippen LogP contribution in [0.15, 0.2) is 24.3 Å². The zero-order valence-electron chi connectivity index (χ0n) is 10.2. The number of carbonyl (C=O) groups excluding carboxylic acids is 1. The van der Waals surface area contributed by atoms with Crippen LogP contribution in [-0.2, 0) is 16.2 Å². The Morgan fingerprint density at radius 1 is 1.53 bits per heavy atom. The lowest BCUT2D eigenvalue weighted by atomic mass is 10.2. The smallest absolute Gasteiger partial charge is 0.328 e.